The Bertz CT molecular complexity index is 448. The third-order valence-electron chi connectivity index (χ3n) is 2.42. The predicted octanol–water partition coefficient (Wildman–Crippen LogP) is 2.79. The van der Waals surface area contributed by atoms with E-state index in [0.29, 0.717) is 0 Å². The summed E-state index contributed by atoms with van der Waals surface area (Å²) in [7, 11) is 2.78. The number of rotatable bonds is 4. The van der Waals surface area contributed by atoms with Gasteiger partial charge in [0.05, 0.1) is 24.6 Å². The van der Waals surface area contributed by atoms with Crippen LogP contribution in [-0.2, 0) is 4.79 Å². The van der Waals surface area contributed by atoms with Crippen molar-refractivity contribution in [2.45, 2.75) is 12.8 Å². The first-order valence-corrected chi connectivity index (χ1v) is 5.56. The SMILES string of the molecule is COc1cc(C(C)C(=O)O)c(F)c(Br)c1OC. The van der Waals surface area contributed by atoms with Crippen LogP contribution in [0, 0.1) is 5.82 Å². The minimum Gasteiger partial charge on any atom is -0.493 e. The first kappa shape index (κ1) is 13.8. The van der Waals surface area contributed by atoms with Gasteiger partial charge >= 0.3 is 5.97 Å². The summed E-state index contributed by atoms with van der Waals surface area (Å²) >= 11 is 3.03. The number of aliphatic carboxylic acids is 1. The van der Waals surface area contributed by atoms with E-state index in [2.05, 4.69) is 15.9 Å². The molecule has 0 amide bonds. The van der Waals surface area contributed by atoms with Gasteiger partial charge in [-0.1, -0.05) is 0 Å². The van der Waals surface area contributed by atoms with Crippen LogP contribution in [0.15, 0.2) is 10.5 Å². The molecule has 1 atom stereocenters. The average Bonchev–Trinajstić information content (AvgIpc) is 2.31. The van der Waals surface area contributed by atoms with Gasteiger partial charge in [-0.05, 0) is 28.9 Å². The molecule has 0 aromatic heterocycles. The van der Waals surface area contributed by atoms with Crippen LogP contribution in [0.2, 0.25) is 0 Å². The fraction of sp³-hybridized carbons (Fsp3) is 0.364. The van der Waals surface area contributed by atoms with E-state index in [-0.39, 0.29) is 21.5 Å². The Hall–Kier alpha value is -1.30. The average molecular weight is 307 g/mol. The minimum absolute atomic E-state index is 0.0435. The fourth-order valence-electron chi connectivity index (χ4n) is 1.39. The molecule has 0 aliphatic rings. The zero-order valence-corrected chi connectivity index (χ0v) is 11.2. The van der Waals surface area contributed by atoms with Crippen LogP contribution in [0.5, 0.6) is 11.5 Å². The standard InChI is InChI=1S/C11H12BrFO4/c1-5(11(14)15)6-4-7(16-2)10(17-3)8(12)9(6)13/h4-5H,1-3H3,(H,14,15). The molecule has 0 saturated carbocycles. The van der Waals surface area contributed by atoms with Gasteiger partial charge in [0, 0.05) is 5.56 Å². The summed E-state index contributed by atoms with van der Waals surface area (Å²) < 4.78 is 24.0. The predicted molar refractivity (Wildman–Crippen MR) is 63.3 cm³/mol. The molecule has 0 aliphatic heterocycles. The molecule has 0 spiro atoms. The Labute approximate surface area is 106 Å². The third-order valence-corrected chi connectivity index (χ3v) is 3.13. The van der Waals surface area contributed by atoms with E-state index in [1.165, 1.54) is 27.2 Å². The third kappa shape index (κ3) is 2.52. The van der Waals surface area contributed by atoms with Gasteiger partial charge in [0.1, 0.15) is 5.82 Å². The lowest BCUT2D eigenvalue weighted by Crippen LogP contribution is -2.10. The van der Waals surface area contributed by atoms with Crippen LogP contribution < -0.4 is 9.47 Å². The molecule has 0 fully saturated rings. The zero-order chi connectivity index (χ0) is 13.2. The molecule has 0 saturated heterocycles. The number of hydrogen-bond donors (Lipinski definition) is 1. The van der Waals surface area contributed by atoms with Gasteiger partial charge in [0.2, 0.25) is 0 Å². The Balaban J connectivity index is 3.44. The van der Waals surface area contributed by atoms with Crippen molar-refractivity contribution < 1.29 is 23.8 Å². The summed E-state index contributed by atoms with van der Waals surface area (Å²) in [5.41, 5.74) is 0.0435. The van der Waals surface area contributed by atoms with Crippen molar-refractivity contribution in [1.29, 1.82) is 0 Å². The monoisotopic (exact) mass is 306 g/mol. The lowest BCUT2D eigenvalue weighted by Gasteiger charge is -2.15. The van der Waals surface area contributed by atoms with Gasteiger partial charge in [-0.15, -0.1) is 0 Å². The molecule has 0 heterocycles. The Morgan fingerprint density at radius 1 is 1.47 bits per heavy atom. The van der Waals surface area contributed by atoms with Gasteiger partial charge in [-0.25, -0.2) is 4.39 Å². The van der Waals surface area contributed by atoms with Crippen LogP contribution in [-0.4, -0.2) is 25.3 Å². The van der Waals surface area contributed by atoms with Crippen molar-refractivity contribution >= 4 is 21.9 Å². The van der Waals surface area contributed by atoms with Crippen LogP contribution in [0.3, 0.4) is 0 Å². The van der Waals surface area contributed by atoms with Crippen molar-refractivity contribution in [2.75, 3.05) is 14.2 Å². The van der Waals surface area contributed by atoms with E-state index in [9.17, 15) is 9.18 Å². The Morgan fingerprint density at radius 2 is 2.06 bits per heavy atom. The van der Waals surface area contributed by atoms with E-state index >= 15 is 0 Å². The highest BCUT2D eigenvalue weighted by Gasteiger charge is 2.24. The number of carbonyl (C=O) groups is 1. The summed E-state index contributed by atoms with van der Waals surface area (Å²) in [6.45, 7) is 1.40. The summed E-state index contributed by atoms with van der Waals surface area (Å²) in [4.78, 5) is 10.9. The normalized spacial score (nSPS) is 12.1. The van der Waals surface area contributed by atoms with E-state index in [0.717, 1.165) is 0 Å². The van der Waals surface area contributed by atoms with Gasteiger partial charge in [-0.2, -0.15) is 0 Å². The molecule has 0 radical (unpaired) electrons. The maximum Gasteiger partial charge on any atom is 0.310 e. The van der Waals surface area contributed by atoms with Gasteiger partial charge < -0.3 is 14.6 Å². The summed E-state index contributed by atoms with van der Waals surface area (Å²) in [6.07, 6.45) is 0. The van der Waals surface area contributed by atoms with Crippen LogP contribution >= 0.6 is 15.9 Å². The largest absolute Gasteiger partial charge is 0.493 e. The molecule has 1 unspecified atom stereocenters. The van der Waals surface area contributed by atoms with Crippen LogP contribution in [0.25, 0.3) is 0 Å². The highest BCUT2D eigenvalue weighted by Crippen LogP contribution is 2.40. The lowest BCUT2D eigenvalue weighted by molar-refractivity contribution is -0.138. The topological polar surface area (TPSA) is 55.8 Å². The molecular formula is C11H12BrFO4. The number of carboxylic acid groups (broad SMARTS) is 1. The zero-order valence-electron chi connectivity index (χ0n) is 9.58. The highest BCUT2D eigenvalue weighted by atomic mass is 79.9. The van der Waals surface area contributed by atoms with Crippen molar-refractivity contribution in [3.8, 4) is 11.5 Å². The second kappa shape index (κ2) is 5.35. The number of carboxylic acids is 1. The van der Waals surface area contributed by atoms with E-state index in [4.69, 9.17) is 14.6 Å². The lowest BCUT2D eigenvalue weighted by atomic mass is 10.00. The van der Waals surface area contributed by atoms with Crippen molar-refractivity contribution in [1.82, 2.24) is 0 Å². The number of ether oxygens (including phenoxy) is 2. The molecule has 4 nitrogen and oxygen atoms in total. The summed E-state index contributed by atoms with van der Waals surface area (Å²) in [5.74, 6) is -2.25. The molecule has 94 valence electrons. The molecule has 1 N–H and O–H groups in total. The Kier molecular flexibility index (Phi) is 4.34. The first-order chi connectivity index (χ1) is 7.93. The Morgan fingerprint density at radius 3 is 2.47 bits per heavy atom. The van der Waals surface area contributed by atoms with Crippen molar-refractivity contribution in [3.05, 3.63) is 21.9 Å². The molecule has 1 aromatic carbocycles. The maximum absolute atomic E-state index is 13.9. The van der Waals surface area contributed by atoms with Gasteiger partial charge in [-0.3, -0.25) is 4.79 Å². The minimum atomic E-state index is -1.11. The smallest absolute Gasteiger partial charge is 0.310 e. The number of hydrogen-bond acceptors (Lipinski definition) is 3. The quantitative estimate of drug-likeness (QED) is 0.929. The van der Waals surface area contributed by atoms with Crippen molar-refractivity contribution in [3.63, 3.8) is 0 Å². The molecule has 1 rings (SSSR count). The van der Waals surface area contributed by atoms with Gasteiger partial charge in [0.15, 0.2) is 11.5 Å². The van der Waals surface area contributed by atoms with E-state index < -0.39 is 17.7 Å². The maximum atomic E-state index is 13.9. The van der Waals surface area contributed by atoms with Crippen molar-refractivity contribution in [2.24, 2.45) is 0 Å². The molecule has 17 heavy (non-hydrogen) atoms. The fourth-order valence-corrected chi connectivity index (χ4v) is 1.98. The summed E-state index contributed by atoms with van der Waals surface area (Å²) in [5, 5.41) is 8.89. The molecular weight excluding hydrogens is 295 g/mol. The molecule has 0 bridgehead atoms. The number of methoxy groups -OCH3 is 2. The van der Waals surface area contributed by atoms with E-state index in [1.807, 2.05) is 0 Å². The molecule has 0 aliphatic carbocycles. The number of benzene rings is 1. The van der Waals surface area contributed by atoms with Crippen LogP contribution in [0.4, 0.5) is 4.39 Å². The van der Waals surface area contributed by atoms with E-state index in [1.54, 1.807) is 0 Å². The summed E-state index contributed by atoms with van der Waals surface area (Å²) in [6, 6.07) is 1.33. The van der Waals surface area contributed by atoms with Crippen LogP contribution in [0.1, 0.15) is 18.4 Å². The second-order valence-corrected chi connectivity index (χ2v) is 4.18. The highest BCUT2D eigenvalue weighted by molar-refractivity contribution is 9.10. The number of halogens is 2. The molecule has 6 heteroatoms. The first-order valence-electron chi connectivity index (χ1n) is 4.76. The second-order valence-electron chi connectivity index (χ2n) is 3.39. The molecule has 1 aromatic rings. The van der Waals surface area contributed by atoms with Gasteiger partial charge in [0.25, 0.3) is 0 Å².